The maximum absolute atomic E-state index is 12.6. The van der Waals surface area contributed by atoms with E-state index in [0.29, 0.717) is 17.7 Å². The smallest absolute Gasteiger partial charge is 0.417 e. The summed E-state index contributed by atoms with van der Waals surface area (Å²) in [7, 11) is 1.95. The number of likely N-dealkylation sites (N-methyl/N-ethyl adjacent to an activating group) is 1. The van der Waals surface area contributed by atoms with Gasteiger partial charge in [0.15, 0.2) is 0 Å². The molecule has 0 saturated carbocycles. The lowest BCUT2D eigenvalue weighted by Gasteiger charge is -2.32. The van der Waals surface area contributed by atoms with E-state index >= 15 is 0 Å². The number of rotatable bonds is 2. The fraction of sp³-hybridized carbons (Fsp3) is 0.312. The summed E-state index contributed by atoms with van der Waals surface area (Å²) in [4.78, 5) is 5.71. The van der Waals surface area contributed by atoms with Crippen LogP contribution >= 0.6 is 11.6 Å². The van der Waals surface area contributed by atoms with Gasteiger partial charge in [-0.05, 0) is 25.1 Å². The van der Waals surface area contributed by atoms with Crippen LogP contribution in [0.4, 0.5) is 18.9 Å². The highest BCUT2D eigenvalue weighted by atomic mass is 35.5. The first-order valence-corrected chi connectivity index (χ1v) is 7.54. The van der Waals surface area contributed by atoms with E-state index in [1.165, 1.54) is 0 Å². The minimum Gasteiger partial charge on any atom is -0.487 e. The molecule has 0 amide bonds. The molecule has 1 aliphatic heterocycles. The van der Waals surface area contributed by atoms with E-state index in [9.17, 15) is 13.2 Å². The van der Waals surface area contributed by atoms with Crippen LogP contribution in [-0.4, -0.2) is 24.7 Å². The maximum Gasteiger partial charge on any atom is 0.417 e. The number of fused-ring (bicyclic) bond motifs is 1. The second-order valence-corrected chi connectivity index (χ2v) is 5.96. The Balaban J connectivity index is 1.86. The van der Waals surface area contributed by atoms with E-state index in [1.807, 2.05) is 20.0 Å². The molecule has 1 unspecified atom stereocenters. The number of aromatic nitrogens is 1. The van der Waals surface area contributed by atoms with Crippen molar-refractivity contribution < 1.29 is 22.6 Å². The summed E-state index contributed by atoms with van der Waals surface area (Å²) in [5.74, 6) is 0.920. The first-order chi connectivity index (χ1) is 11.2. The maximum atomic E-state index is 12.6. The van der Waals surface area contributed by atoms with Crippen LogP contribution in [-0.2, 0) is 6.18 Å². The van der Waals surface area contributed by atoms with E-state index in [1.54, 1.807) is 12.1 Å². The molecule has 0 saturated heterocycles. The Kier molecular flexibility index (Phi) is 4.21. The summed E-state index contributed by atoms with van der Waals surface area (Å²) in [5.41, 5.74) is -0.0176. The Hall–Kier alpha value is -2.15. The zero-order chi connectivity index (χ0) is 17.5. The third kappa shape index (κ3) is 3.36. The average molecular weight is 359 g/mol. The van der Waals surface area contributed by atoms with Gasteiger partial charge in [0.1, 0.15) is 22.6 Å². The molecule has 1 atom stereocenters. The summed E-state index contributed by atoms with van der Waals surface area (Å²) < 4.78 is 49.1. The van der Waals surface area contributed by atoms with Crippen molar-refractivity contribution in [3.8, 4) is 17.4 Å². The number of alkyl halides is 3. The Morgan fingerprint density at radius 1 is 1.33 bits per heavy atom. The summed E-state index contributed by atoms with van der Waals surface area (Å²) in [5, 5.41) is -0.214. The van der Waals surface area contributed by atoms with E-state index in [2.05, 4.69) is 9.88 Å². The Labute approximate surface area is 141 Å². The van der Waals surface area contributed by atoms with Crippen molar-refractivity contribution in [3.63, 3.8) is 0 Å². The molecule has 0 fully saturated rings. The van der Waals surface area contributed by atoms with Gasteiger partial charge in [-0.1, -0.05) is 11.6 Å². The van der Waals surface area contributed by atoms with Crippen molar-refractivity contribution >= 4 is 17.3 Å². The van der Waals surface area contributed by atoms with Crippen LogP contribution in [0.1, 0.15) is 12.5 Å². The largest absolute Gasteiger partial charge is 0.487 e. The quantitative estimate of drug-likeness (QED) is 0.775. The standard InChI is InChI=1S/C16H14ClF3N2O2/c1-9-8-22(2)13-4-3-11(6-14(13)23-9)24-15-12(17)5-10(7-21-15)16(18,19)20/h3-7,9H,8H2,1-2H3. The number of anilines is 1. The van der Waals surface area contributed by atoms with Gasteiger partial charge in [0.25, 0.3) is 0 Å². The molecule has 0 bridgehead atoms. The van der Waals surface area contributed by atoms with E-state index in [0.717, 1.165) is 18.3 Å². The van der Waals surface area contributed by atoms with Crippen molar-refractivity contribution in [3.05, 3.63) is 41.0 Å². The second-order valence-electron chi connectivity index (χ2n) is 5.55. The van der Waals surface area contributed by atoms with Gasteiger partial charge in [-0.15, -0.1) is 0 Å². The summed E-state index contributed by atoms with van der Waals surface area (Å²) in [6.45, 7) is 2.71. The second kappa shape index (κ2) is 6.05. The van der Waals surface area contributed by atoms with Crippen molar-refractivity contribution in [2.24, 2.45) is 0 Å². The van der Waals surface area contributed by atoms with Crippen LogP contribution in [0.5, 0.6) is 17.4 Å². The average Bonchev–Trinajstić information content (AvgIpc) is 2.47. The van der Waals surface area contributed by atoms with Gasteiger partial charge in [0, 0.05) is 19.3 Å². The first kappa shape index (κ1) is 16.7. The lowest BCUT2D eigenvalue weighted by molar-refractivity contribution is -0.137. The predicted octanol–water partition coefficient (Wildman–Crippen LogP) is 4.76. The van der Waals surface area contributed by atoms with Crippen LogP contribution in [0.25, 0.3) is 0 Å². The van der Waals surface area contributed by atoms with E-state index < -0.39 is 11.7 Å². The summed E-state index contributed by atoms with van der Waals surface area (Å²) >= 11 is 5.85. The molecular weight excluding hydrogens is 345 g/mol. The number of benzene rings is 1. The molecule has 2 aromatic rings. The summed E-state index contributed by atoms with van der Waals surface area (Å²) in [6, 6.07) is 5.95. The van der Waals surface area contributed by atoms with Crippen molar-refractivity contribution in [2.45, 2.75) is 19.2 Å². The van der Waals surface area contributed by atoms with Gasteiger partial charge >= 0.3 is 6.18 Å². The third-order valence-corrected chi connectivity index (χ3v) is 3.82. The molecule has 0 spiro atoms. The Bertz CT molecular complexity index is 767. The SMILES string of the molecule is CC1CN(C)c2ccc(Oc3ncc(C(F)(F)F)cc3Cl)cc2O1. The fourth-order valence-corrected chi connectivity index (χ4v) is 2.68. The number of hydrogen-bond donors (Lipinski definition) is 0. The molecule has 4 nitrogen and oxygen atoms in total. The first-order valence-electron chi connectivity index (χ1n) is 7.16. The molecular formula is C16H14ClF3N2O2. The lowest BCUT2D eigenvalue weighted by atomic mass is 10.2. The highest BCUT2D eigenvalue weighted by Gasteiger charge is 2.32. The Morgan fingerprint density at radius 2 is 2.08 bits per heavy atom. The molecule has 8 heteroatoms. The molecule has 24 heavy (non-hydrogen) atoms. The van der Waals surface area contributed by atoms with E-state index in [-0.39, 0.29) is 17.0 Å². The molecule has 3 rings (SSSR count). The van der Waals surface area contributed by atoms with Crippen LogP contribution in [0.15, 0.2) is 30.5 Å². The van der Waals surface area contributed by atoms with Crippen LogP contribution in [0.2, 0.25) is 5.02 Å². The highest BCUT2D eigenvalue weighted by Crippen LogP contribution is 2.38. The predicted molar refractivity (Wildman–Crippen MR) is 84.1 cm³/mol. The zero-order valence-corrected chi connectivity index (χ0v) is 13.6. The van der Waals surface area contributed by atoms with Crippen LogP contribution in [0, 0.1) is 0 Å². The molecule has 0 aliphatic carbocycles. The van der Waals surface area contributed by atoms with Crippen LogP contribution < -0.4 is 14.4 Å². The van der Waals surface area contributed by atoms with Crippen LogP contribution in [0.3, 0.4) is 0 Å². The van der Waals surface area contributed by atoms with Crippen molar-refractivity contribution in [1.29, 1.82) is 0 Å². The van der Waals surface area contributed by atoms with Gasteiger partial charge in [0.2, 0.25) is 5.88 Å². The molecule has 1 aliphatic rings. The monoisotopic (exact) mass is 358 g/mol. The molecule has 1 aromatic heterocycles. The van der Waals surface area contributed by atoms with E-state index in [4.69, 9.17) is 21.1 Å². The molecule has 2 heterocycles. The minimum absolute atomic E-state index is 0.0190. The molecule has 1 aromatic carbocycles. The van der Waals surface area contributed by atoms with Gasteiger partial charge < -0.3 is 14.4 Å². The fourth-order valence-electron chi connectivity index (χ4n) is 2.47. The van der Waals surface area contributed by atoms with Gasteiger partial charge in [-0.25, -0.2) is 4.98 Å². The zero-order valence-electron chi connectivity index (χ0n) is 12.9. The number of ether oxygens (including phenoxy) is 2. The number of pyridine rings is 1. The lowest BCUT2D eigenvalue weighted by Crippen LogP contribution is -2.35. The number of halogens is 4. The minimum atomic E-state index is -4.50. The number of hydrogen-bond acceptors (Lipinski definition) is 4. The van der Waals surface area contributed by atoms with Gasteiger partial charge in [0.05, 0.1) is 17.8 Å². The van der Waals surface area contributed by atoms with Crippen molar-refractivity contribution in [1.82, 2.24) is 4.98 Å². The molecule has 128 valence electrons. The summed E-state index contributed by atoms with van der Waals surface area (Å²) in [6.07, 6.45) is -3.80. The third-order valence-electron chi connectivity index (χ3n) is 3.55. The van der Waals surface area contributed by atoms with Gasteiger partial charge in [-0.2, -0.15) is 13.2 Å². The topological polar surface area (TPSA) is 34.6 Å². The Morgan fingerprint density at radius 3 is 2.75 bits per heavy atom. The molecule has 0 radical (unpaired) electrons. The van der Waals surface area contributed by atoms with Gasteiger partial charge in [-0.3, -0.25) is 0 Å². The highest BCUT2D eigenvalue weighted by molar-refractivity contribution is 6.31. The normalized spacial score (nSPS) is 17.2. The van der Waals surface area contributed by atoms with Crippen molar-refractivity contribution in [2.75, 3.05) is 18.5 Å². The molecule has 0 N–H and O–H groups in total. The number of nitrogens with zero attached hydrogens (tertiary/aromatic N) is 2.